The highest BCUT2D eigenvalue weighted by Crippen LogP contribution is 2.37. The fourth-order valence-electron chi connectivity index (χ4n) is 6.14. The smallest absolute Gasteiger partial charge is 0.404 e. The Morgan fingerprint density at radius 2 is 1.69 bits per heavy atom. The lowest BCUT2D eigenvalue weighted by atomic mass is 10.0. The molecule has 2 saturated heterocycles. The molecule has 2 aliphatic heterocycles. The molecular weight excluding hydrogens is 655 g/mol. The van der Waals surface area contributed by atoms with Crippen LogP contribution in [0.5, 0.6) is 5.75 Å². The van der Waals surface area contributed by atoms with Crippen molar-refractivity contribution in [3.05, 3.63) is 65.7 Å². The molecular formula is C32H45N8O8P. The number of phosphoric ester groups is 1. The molecule has 17 heteroatoms. The molecule has 2 fully saturated rings. The fourth-order valence-corrected chi connectivity index (χ4v) is 6.54. The normalized spacial score (nSPS) is 20.4. The van der Waals surface area contributed by atoms with E-state index < -0.39 is 43.8 Å². The number of phosphoric acid groups is 1. The second-order valence-electron chi connectivity index (χ2n) is 12.4. The molecule has 0 radical (unpaired) electrons. The molecule has 4 amide bonds. The van der Waals surface area contributed by atoms with E-state index in [-0.39, 0.29) is 49.1 Å². The maximum atomic E-state index is 14.0. The summed E-state index contributed by atoms with van der Waals surface area (Å²) in [4.78, 5) is 79.6. The minimum atomic E-state index is -4.71. The fraction of sp³-hybridized carbons (Fsp3) is 0.469. The average molecular weight is 701 g/mol. The van der Waals surface area contributed by atoms with Crippen molar-refractivity contribution in [2.24, 2.45) is 16.5 Å². The van der Waals surface area contributed by atoms with Crippen LogP contribution in [0.3, 0.4) is 0 Å². The number of nitrogens with one attached hydrogen (secondary N) is 3. The lowest BCUT2D eigenvalue weighted by molar-refractivity contribution is -0.143. The number of hydrogen-bond donors (Lipinski definition) is 7. The van der Waals surface area contributed by atoms with Crippen molar-refractivity contribution in [3.63, 3.8) is 0 Å². The number of aliphatic imine (C=N–C) groups is 1. The molecule has 5 atom stereocenters. The van der Waals surface area contributed by atoms with Gasteiger partial charge in [-0.1, -0.05) is 42.5 Å². The van der Waals surface area contributed by atoms with E-state index in [0.717, 1.165) is 5.56 Å². The molecule has 0 aliphatic carbocycles. The summed E-state index contributed by atoms with van der Waals surface area (Å²) in [5.41, 5.74) is 12.6. The van der Waals surface area contributed by atoms with E-state index in [2.05, 4.69) is 25.5 Å². The van der Waals surface area contributed by atoms with Gasteiger partial charge in [0.2, 0.25) is 23.6 Å². The Kier molecular flexibility index (Phi) is 12.8. The molecule has 2 aromatic rings. The van der Waals surface area contributed by atoms with Crippen molar-refractivity contribution >= 4 is 37.4 Å². The van der Waals surface area contributed by atoms with Crippen LogP contribution in [0.4, 0.5) is 0 Å². The van der Waals surface area contributed by atoms with Crippen LogP contribution < -0.4 is 31.9 Å². The molecule has 0 saturated carbocycles. The van der Waals surface area contributed by atoms with E-state index in [0.29, 0.717) is 37.7 Å². The molecule has 9 N–H and O–H groups in total. The van der Waals surface area contributed by atoms with Crippen LogP contribution >= 0.6 is 7.82 Å². The second kappa shape index (κ2) is 16.7. The van der Waals surface area contributed by atoms with Gasteiger partial charge in [0.05, 0.1) is 12.6 Å². The summed E-state index contributed by atoms with van der Waals surface area (Å²) < 4.78 is 15.7. The quantitative estimate of drug-likeness (QED) is 0.0769. The predicted octanol–water partition coefficient (Wildman–Crippen LogP) is -0.266. The number of fused-ring (bicyclic) bond motifs is 1. The van der Waals surface area contributed by atoms with Crippen molar-refractivity contribution in [3.8, 4) is 5.75 Å². The summed E-state index contributed by atoms with van der Waals surface area (Å²) >= 11 is 0. The predicted molar refractivity (Wildman–Crippen MR) is 181 cm³/mol. The van der Waals surface area contributed by atoms with Crippen LogP contribution in [0.2, 0.25) is 0 Å². The molecule has 1 unspecified atom stereocenters. The highest BCUT2D eigenvalue weighted by molar-refractivity contribution is 7.46. The summed E-state index contributed by atoms with van der Waals surface area (Å²) in [5, 5.41) is 8.45. The number of guanidine groups is 1. The maximum Gasteiger partial charge on any atom is 0.524 e. The van der Waals surface area contributed by atoms with Gasteiger partial charge < -0.3 is 36.8 Å². The third-order valence-electron chi connectivity index (χ3n) is 8.61. The second-order valence-corrected chi connectivity index (χ2v) is 13.6. The monoisotopic (exact) mass is 700 g/mol. The van der Waals surface area contributed by atoms with Crippen molar-refractivity contribution in [2.45, 2.75) is 75.3 Å². The minimum Gasteiger partial charge on any atom is -0.404 e. The topological polar surface area (TPSA) is 242 Å². The number of likely N-dealkylation sites (N-methyl/N-ethyl adjacent to an activating group) is 1. The first kappa shape index (κ1) is 37.3. The molecule has 0 bridgehead atoms. The van der Waals surface area contributed by atoms with Crippen molar-refractivity contribution in [1.29, 1.82) is 0 Å². The van der Waals surface area contributed by atoms with E-state index >= 15 is 0 Å². The molecule has 0 spiro atoms. The lowest BCUT2D eigenvalue weighted by Gasteiger charge is -2.32. The Morgan fingerprint density at radius 3 is 2.33 bits per heavy atom. The number of hydrogen-bond acceptors (Lipinski definition) is 8. The summed E-state index contributed by atoms with van der Waals surface area (Å²) in [6.07, 6.45) is 2.97. The van der Waals surface area contributed by atoms with Crippen molar-refractivity contribution in [1.82, 2.24) is 25.8 Å². The highest BCUT2D eigenvalue weighted by Gasteiger charge is 2.45. The summed E-state index contributed by atoms with van der Waals surface area (Å²) in [6.45, 7) is 0.0401. The average Bonchev–Trinajstić information content (AvgIpc) is 3.41. The number of carbonyl (C=O) groups excluding carboxylic acids is 4. The van der Waals surface area contributed by atoms with Crippen LogP contribution in [-0.4, -0.2) is 100 Å². The van der Waals surface area contributed by atoms with Crippen LogP contribution in [0.1, 0.15) is 43.2 Å². The molecule has 0 aromatic heterocycles. The molecule has 2 aliphatic rings. The van der Waals surface area contributed by atoms with E-state index in [9.17, 15) is 23.7 Å². The summed E-state index contributed by atoms with van der Waals surface area (Å²) in [7, 11) is -1.24. The van der Waals surface area contributed by atoms with Crippen LogP contribution in [0, 0.1) is 0 Å². The third kappa shape index (κ3) is 10.7. The van der Waals surface area contributed by atoms with Crippen molar-refractivity contribution < 1.29 is 38.1 Å². The van der Waals surface area contributed by atoms with Gasteiger partial charge in [-0.2, -0.15) is 0 Å². The molecule has 2 aromatic carbocycles. The first-order chi connectivity index (χ1) is 23.2. The zero-order chi connectivity index (χ0) is 35.7. The minimum absolute atomic E-state index is 0.0129. The van der Waals surface area contributed by atoms with E-state index in [1.165, 1.54) is 12.1 Å². The SMILES string of the molecule is CN(C)[C@@H](Cc1ccc(OP(=O)(O)O)cc1)C(=O)N[C@H]1CCCC2CC[C@@H](C(=O)N[C@@H](CN=C(N)N)C(=O)NCc3ccccc3)N2C1=O. The van der Waals surface area contributed by atoms with E-state index in [1.807, 2.05) is 30.3 Å². The first-order valence-corrected chi connectivity index (χ1v) is 17.6. The van der Waals surface area contributed by atoms with Crippen LogP contribution in [0.15, 0.2) is 59.6 Å². The van der Waals surface area contributed by atoms with Gasteiger partial charge >= 0.3 is 7.82 Å². The number of carbonyl (C=O) groups is 4. The highest BCUT2D eigenvalue weighted by atomic mass is 31.2. The zero-order valence-electron chi connectivity index (χ0n) is 27.5. The zero-order valence-corrected chi connectivity index (χ0v) is 28.4. The van der Waals surface area contributed by atoms with Gasteiger partial charge in [-0.05, 0) is 75.9 Å². The van der Waals surface area contributed by atoms with Gasteiger partial charge in [-0.3, -0.25) is 38.9 Å². The molecule has 4 rings (SSSR count). The number of rotatable bonds is 14. The summed E-state index contributed by atoms with van der Waals surface area (Å²) in [6, 6.07) is 11.6. The van der Waals surface area contributed by atoms with Crippen molar-refractivity contribution in [2.75, 3.05) is 20.6 Å². The van der Waals surface area contributed by atoms with Crippen LogP contribution in [-0.2, 0) is 36.7 Å². The molecule has 2 heterocycles. The van der Waals surface area contributed by atoms with Gasteiger partial charge in [0.25, 0.3) is 0 Å². The maximum absolute atomic E-state index is 14.0. The van der Waals surface area contributed by atoms with Gasteiger partial charge in [0.1, 0.15) is 23.9 Å². The van der Waals surface area contributed by atoms with E-state index in [4.69, 9.17) is 21.3 Å². The molecule has 49 heavy (non-hydrogen) atoms. The Balaban J connectivity index is 1.43. The summed E-state index contributed by atoms with van der Waals surface area (Å²) in [5.74, 6) is -1.99. The Hall–Kier alpha value is -4.50. The largest absolute Gasteiger partial charge is 0.524 e. The third-order valence-corrected chi connectivity index (χ3v) is 9.05. The lowest BCUT2D eigenvalue weighted by Crippen LogP contribution is -2.58. The van der Waals surface area contributed by atoms with Gasteiger partial charge in [-0.25, -0.2) is 4.57 Å². The Labute approximate surface area is 284 Å². The molecule has 16 nitrogen and oxygen atoms in total. The number of nitrogens with zero attached hydrogens (tertiary/aromatic N) is 3. The number of benzene rings is 2. The van der Waals surface area contributed by atoms with Gasteiger partial charge in [0.15, 0.2) is 5.96 Å². The van der Waals surface area contributed by atoms with Gasteiger partial charge in [0, 0.05) is 12.6 Å². The van der Waals surface area contributed by atoms with E-state index in [1.54, 1.807) is 36.0 Å². The first-order valence-electron chi connectivity index (χ1n) is 16.0. The molecule has 266 valence electrons. The number of nitrogens with two attached hydrogens (primary N) is 2. The standard InChI is InChI=1S/C32H45N8O8P/c1-39(2)27(17-20-11-14-23(15-12-20)48-49(45,46)47)30(43)37-24-10-6-9-22-13-16-26(40(22)31(24)44)29(42)38-25(19-36-32(33)34)28(41)35-18-21-7-4-3-5-8-21/h3-5,7-8,11-12,14-15,22,24-27H,6,9-10,13,16-19H2,1-2H3,(H,35,41)(H,37,43)(H,38,42)(H4,33,34,36)(H2,45,46,47)/t22?,24-,25-,26-,27-/m0/s1. The Bertz CT molecular complexity index is 1550. The Morgan fingerprint density at radius 1 is 1.00 bits per heavy atom. The number of amides is 4. The van der Waals surface area contributed by atoms with Gasteiger partial charge in [-0.15, -0.1) is 0 Å². The van der Waals surface area contributed by atoms with Crippen LogP contribution in [0.25, 0.3) is 0 Å².